The van der Waals surface area contributed by atoms with Gasteiger partial charge in [0.2, 0.25) is 5.91 Å². The van der Waals surface area contributed by atoms with Crippen LogP contribution in [0.3, 0.4) is 0 Å². The van der Waals surface area contributed by atoms with Crippen LogP contribution in [0.4, 0.5) is 5.69 Å². The van der Waals surface area contributed by atoms with Gasteiger partial charge in [-0.25, -0.2) is 0 Å². The Kier molecular flexibility index (Phi) is 5.10. The smallest absolute Gasteiger partial charge is 0.233 e. The number of benzene rings is 1. The van der Waals surface area contributed by atoms with Gasteiger partial charge in [-0.3, -0.25) is 4.79 Å². The van der Waals surface area contributed by atoms with E-state index >= 15 is 0 Å². The summed E-state index contributed by atoms with van der Waals surface area (Å²) in [6.07, 6.45) is 1.67. The fourth-order valence-electron chi connectivity index (χ4n) is 1.30. The number of anilines is 1. The molecule has 0 aliphatic heterocycles. The second-order valence-electron chi connectivity index (χ2n) is 3.82. The molecule has 3 nitrogen and oxygen atoms in total. The summed E-state index contributed by atoms with van der Waals surface area (Å²) in [5.41, 5.74) is 7.58. The van der Waals surface area contributed by atoms with Gasteiger partial charge in [0.1, 0.15) is 0 Å². The number of rotatable bonds is 5. The predicted octanol–water partition coefficient (Wildman–Crippen LogP) is 2.36. The van der Waals surface area contributed by atoms with E-state index in [1.165, 1.54) is 11.8 Å². The molecule has 17 heavy (non-hydrogen) atoms. The van der Waals surface area contributed by atoms with Gasteiger partial charge in [0, 0.05) is 17.1 Å². The van der Waals surface area contributed by atoms with E-state index in [2.05, 4.69) is 11.9 Å². The molecule has 1 amide bonds. The van der Waals surface area contributed by atoms with Crippen LogP contribution in [0.1, 0.15) is 12.5 Å². The molecule has 1 atom stereocenters. The molecule has 0 saturated heterocycles. The molecule has 0 spiro atoms. The number of carbonyl (C=O) groups is 1. The van der Waals surface area contributed by atoms with E-state index in [4.69, 9.17) is 5.73 Å². The minimum atomic E-state index is -0.143. The van der Waals surface area contributed by atoms with Crippen LogP contribution < -0.4 is 11.1 Å². The molecule has 0 aliphatic carbocycles. The Bertz CT molecular complexity index is 418. The normalized spacial score (nSPS) is 11.9. The minimum Gasteiger partial charge on any atom is -0.399 e. The highest BCUT2D eigenvalue weighted by atomic mass is 32.2. The summed E-state index contributed by atoms with van der Waals surface area (Å²) in [4.78, 5) is 12.7. The van der Waals surface area contributed by atoms with Crippen LogP contribution in [0.2, 0.25) is 0 Å². The van der Waals surface area contributed by atoms with Gasteiger partial charge in [-0.2, -0.15) is 0 Å². The summed E-state index contributed by atoms with van der Waals surface area (Å²) < 4.78 is 0. The number of nitrogens with one attached hydrogen (secondary N) is 1. The number of hydrogen-bond acceptors (Lipinski definition) is 3. The van der Waals surface area contributed by atoms with Crippen LogP contribution in [-0.2, 0) is 4.79 Å². The van der Waals surface area contributed by atoms with Gasteiger partial charge in [-0.1, -0.05) is 12.1 Å². The van der Waals surface area contributed by atoms with Crippen LogP contribution in [0, 0.1) is 6.92 Å². The predicted molar refractivity (Wildman–Crippen MR) is 74.1 cm³/mol. The largest absolute Gasteiger partial charge is 0.399 e. The van der Waals surface area contributed by atoms with Gasteiger partial charge in [0.25, 0.3) is 0 Å². The van der Waals surface area contributed by atoms with Gasteiger partial charge in [0.05, 0.1) is 5.25 Å². The molecule has 3 N–H and O–H groups in total. The maximum Gasteiger partial charge on any atom is 0.233 e. The Labute approximate surface area is 106 Å². The van der Waals surface area contributed by atoms with Crippen molar-refractivity contribution in [2.45, 2.75) is 24.0 Å². The SMILES string of the molecule is C=CCNC(=O)C(C)Sc1cc(N)ccc1C. The molecule has 0 aromatic heterocycles. The average Bonchev–Trinajstić information content (AvgIpc) is 2.30. The maximum absolute atomic E-state index is 11.7. The number of amides is 1. The molecule has 0 heterocycles. The monoisotopic (exact) mass is 250 g/mol. The lowest BCUT2D eigenvalue weighted by Gasteiger charge is -2.13. The van der Waals surface area contributed by atoms with Gasteiger partial charge in [-0.05, 0) is 31.5 Å². The minimum absolute atomic E-state index is 0.0109. The molecule has 1 unspecified atom stereocenters. The summed E-state index contributed by atoms with van der Waals surface area (Å²) in [7, 11) is 0. The highest BCUT2D eigenvalue weighted by Crippen LogP contribution is 2.28. The van der Waals surface area contributed by atoms with Gasteiger partial charge in [0.15, 0.2) is 0 Å². The molecule has 1 rings (SSSR count). The molecule has 0 radical (unpaired) electrons. The van der Waals surface area contributed by atoms with Crippen molar-refractivity contribution in [1.82, 2.24) is 5.32 Å². The van der Waals surface area contributed by atoms with E-state index in [0.29, 0.717) is 6.54 Å². The quantitative estimate of drug-likeness (QED) is 0.479. The van der Waals surface area contributed by atoms with Crippen molar-refractivity contribution >= 4 is 23.4 Å². The van der Waals surface area contributed by atoms with Crippen molar-refractivity contribution in [2.24, 2.45) is 0 Å². The first-order valence-corrected chi connectivity index (χ1v) is 6.34. The molecule has 0 fully saturated rings. The lowest BCUT2D eigenvalue weighted by molar-refractivity contribution is -0.120. The van der Waals surface area contributed by atoms with E-state index < -0.39 is 0 Å². The third-order valence-corrected chi connectivity index (χ3v) is 3.57. The lowest BCUT2D eigenvalue weighted by Crippen LogP contribution is -2.30. The number of nitrogen functional groups attached to an aromatic ring is 1. The zero-order valence-corrected chi connectivity index (χ0v) is 11.0. The summed E-state index contributed by atoms with van der Waals surface area (Å²) in [5.74, 6) is 0.0109. The first kappa shape index (κ1) is 13.6. The van der Waals surface area contributed by atoms with Gasteiger partial charge >= 0.3 is 0 Å². The third-order valence-electron chi connectivity index (χ3n) is 2.31. The molecular formula is C13H18N2OS. The van der Waals surface area contributed by atoms with E-state index in [1.807, 2.05) is 32.0 Å². The molecular weight excluding hydrogens is 232 g/mol. The van der Waals surface area contributed by atoms with Crippen LogP contribution in [0.5, 0.6) is 0 Å². The summed E-state index contributed by atoms with van der Waals surface area (Å²) in [6.45, 7) is 7.95. The van der Waals surface area contributed by atoms with Crippen molar-refractivity contribution in [3.63, 3.8) is 0 Å². The molecule has 92 valence electrons. The highest BCUT2D eigenvalue weighted by molar-refractivity contribution is 8.00. The summed E-state index contributed by atoms with van der Waals surface area (Å²) >= 11 is 1.52. The Hall–Kier alpha value is -1.42. The van der Waals surface area contributed by atoms with Crippen molar-refractivity contribution in [3.8, 4) is 0 Å². The van der Waals surface area contributed by atoms with Gasteiger partial charge in [-0.15, -0.1) is 18.3 Å². The second-order valence-corrected chi connectivity index (χ2v) is 5.20. The van der Waals surface area contributed by atoms with Crippen molar-refractivity contribution in [3.05, 3.63) is 36.4 Å². The number of nitrogens with two attached hydrogens (primary N) is 1. The van der Waals surface area contributed by atoms with Crippen molar-refractivity contribution in [2.75, 3.05) is 12.3 Å². The zero-order chi connectivity index (χ0) is 12.8. The average molecular weight is 250 g/mol. The van der Waals surface area contributed by atoms with E-state index in [1.54, 1.807) is 6.08 Å². The first-order valence-electron chi connectivity index (χ1n) is 5.46. The van der Waals surface area contributed by atoms with Crippen LogP contribution >= 0.6 is 11.8 Å². The van der Waals surface area contributed by atoms with Crippen molar-refractivity contribution in [1.29, 1.82) is 0 Å². The molecule has 0 aliphatic rings. The molecule has 1 aromatic rings. The van der Waals surface area contributed by atoms with Gasteiger partial charge < -0.3 is 11.1 Å². The Morgan fingerprint density at radius 3 is 3.00 bits per heavy atom. The van der Waals surface area contributed by atoms with E-state index in [9.17, 15) is 4.79 Å². The molecule has 1 aromatic carbocycles. The fraction of sp³-hybridized carbons (Fsp3) is 0.308. The summed E-state index contributed by atoms with van der Waals surface area (Å²) in [6, 6.07) is 5.73. The Balaban J connectivity index is 2.66. The lowest BCUT2D eigenvalue weighted by atomic mass is 10.2. The second kappa shape index (κ2) is 6.35. The van der Waals surface area contributed by atoms with Crippen LogP contribution in [-0.4, -0.2) is 17.7 Å². The van der Waals surface area contributed by atoms with Crippen LogP contribution in [0.25, 0.3) is 0 Å². The third kappa shape index (κ3) is 4.15. The topological polar surface area (TPSA) is 55.1 Å². The summed E-state index contributed by atoms with van der Waals surface area (Å²) in [5, 5.41) is 2.63. The highest BCUT2D eigenvalue weighted by Gasteiger charge is 2.14. The molecule has 0 bridgehead atoms. The Morgan fingerprint density at radius 1 is 1.65 bits per heavy atom. The standard InChI is InChI=1S/C13H18N2OS/c1-4-7-15-13(16)10(3)17-12-8-11(14)6-5-9(12)2/h4-6,8,10H,1,7,14H2,2-3H3,(H,15,16). The fourth-order valence-corrected chi connectivity index (χ4v) is 2.33. The molecule has 4 heteroatoms. The molecule has 0 saturated carbocycles. The maximum atomic E-state index is 11.7. The van der Waals surface area contributed by atoms with Crippen molar-refractivity contribution < 1.29 is 4.79 Å². The number of carbonyl (C=O) groups excluding carboxylic acids is 1. The Morgan fingerprint density at radius 2 is 2.35 bits per heavy atom. The number of thioether (sulfide) groups is 1. The number of hydrogen-bond donors (Lipinski definition) is 2. The van der Waals surface area contributed by atoms with E-state index in [0.717, 1.165) is 16.1 Å². The zero-order valence-electron chi connectivity index (χ0n) is 10.2. The first-order chi connectivity index (χ1) is 8.04. The van der Waals surface area contributed by atoms with E-state index in [-0.39, 0.29) is 11.2 Å². The van der Waals surface area contributed by atoms with Crippen LogP contribution in [0.15, 0.2) is 35.7 Å². The number of aryl methyl sites for hydroxylation is 1.